The van der Waals surface area contributed by atoms with E-state index >= 15 is 0 Å². The van der Waals surface area contributed by atoms with Crippen LogP contribution in [0.15, 0.2) is 12.7 Å². The van der Waals surface area contributed by atoms with Crippen molar-refractivity contribution < 1.29 is 0 Å². The van der Waals surface area contributed by atoms with Crippen LogP contribution < -0.4 is 5.32 Å². The van der Waals surface area contributed by atoms with Crippen LogP contribution in [-0.2, 0) is 0 Å². The van der Waals surface area contributed by atoms with E-state index in [-0.39, 0.29) is 5.38 Å². The highest BCUT2D eigenvalue weighted by Gasteiger charge is 2.09. The topological polar surface area (TPSA) is 12.0 Å². The minimum atomic E-state index is 0.199. The molecular weight excluding hydrogens is 146 g/mol. The van der Waals surface area contributed by atoms with Crippen molar-refractivity contribution in [3.63, 3.8) is 0 Å². The van der Waals surface area contributed by atoms with Crippen LogP contribution in [0.2, 0.25) is 0 Å². The van der Waals surface area contributed by atoms with Gasteiger partial charge in [0.05, 0.1) is 0 Å². The van der Waals surface area contributed by atoms with E-state index in [1.54, 1.807) is 0 Å². The highest BCUT2D eigenvalue weighted by Crippen LogP contribution is 2.04. The molecule has 0 fully saturated rings. The molecule has 0 aliphatic rings. The largest absolute Gasteiger partial charge is 0.309 e. The molecule has 0 saturated carbocycles. The minimum absolute atomic E-state index is 0.199. The first-order valence-electron chi connectivity index (χ1n) is 3.70. The van der Waals surface area contributed by atoms with Crippen LogP contribution in [0.5, 0.6) is 0 Å². The molecule has 0 aliphatic heterocycles. The van der Waals surface area contributed by atoms with Crippen molar-refractivity contribution in [3.05, 3.63) is 12.7 Å². The molecule has 1 N–H and O–H groups in total. The molecule has 10 heavy (non-hydrogen) atoms. The van der Waals surface area contributed by atoms with Gasteiger partial charge in [0.2, 0.25) is 0 Å². The van der Waals surface area contributed by atoms with Crippen molar-refractivity contribution in [1.82, 2.24) is 5.32 Å². The zero-order valence-corrected chi connectivity index (χ0v) is 7.49. The first-order valence-corrected chi connectivity index (χ1v) is 4.14. The van der Waals surface area contributed by atoms with Crippen molar-refractivity contribution in [2.45, 2.75) is 31.7 Å². The highest BCUT2D eigenvalue weighted by atomic mass is 35.5. The summed E-state index contributed by atoms with van der Waals surface area (Å²) in [6.45, 7) is 8.59. The smallest absolute Gasteiger partial charge is 0.0461 e. The summed E-state index contributed by atoms with van der Waals surface area (Å²) in [6, 6.07) is 0.416. The van der Waals surface area contributed by atoms with Crippen LogP contribution in [0.4, 0.5) is 0 Å². The molecule has 2 unspecified atom stereocenters. The summed E-state index contributed by atoms with van der Waals surface area (Å²) in [6.07, 6.45) is 2.92. The van der Waals surface area contributed by atoms with Gasteiger partial charge in [-0.05, 0) is 13.3 Å². The number of rotatable bonds is 5. The van der Waals surface area contributed by atoms with Gasteiger partial charge in [-0.1, -0.05) is 13.0 Å². The molecule has 0 rings (SSSR count). The lowest BCUT2D eigenvalue weighted by Crippen LogP contribution is -2.34. The third-order valence-electron chi connectivity index (χ3n) is 1.52. The molecule has 0 aromatic rings. The molecule has 0 aliphatic carbocycles. The van der Waals surface area contributed by atoms with Crippen LogP contribution in [0.25, 0.3) is 0 Å². The summed E-state index contributed by atoms with van der Waals surface area (Å²) >= 11 is 5.88. The Morgan fingerprint density at radius 2 is 2.30 bits per heavy atom. The Hall–Kier alpha value is -0.0100. The van der Waals surface area contributed by atoms with Crippen LogP contribution in [0.3, 0.4) is 0 Å². The van der Waals surface area contributed by atoms with Crippen molar-refractivity contribution in [2.75, 3.05) is 6.54 Å². The van der Waals surface area contributed by atoms with E-state index in [1.165, 1.54) is 0 Å². The van der Waals surface area contributed by atoms with Gasteiger partial charge in [-0.15, -0.1) is 18.2 Å². The Balaban J connectivity index is 3.49. The van der Waals surface area contributed by atoms with Gasteiger partial charge in [-0.25, -0.2) is 0 Å². The van der Waals surface area contributed by atoms with Crippen LogP contribution in [-0.4, -0.2) is 18.0 Å². The number of hydrogen-bond donors (Lipinski definition) is 1. The summed E-state index contributed by atoms with van der Waals surface area (Å²) in [5.41, 5.74) is 0. The van der Waals surface area contributed by atoms with Gasteiger partial charge in [-0.3, -0.25) is 0 Å². The van der Waals surface area contributed by atoms with Crippen LogP contribution in [0, 0.1) is 0 Å². The summed E-state index contributed by atoms with van der Waals surface area (Å²) in [7, 11) is 0. The SMILES string of the molecule is C=CCNC(CC)C(C)Cl. The Labute approximate surface area is 68.5 Å². The van der Waals surface area contributed by atoms with E-state index in [4.69, 9.17) is 11.6 Å². The zero-order valence-electron chi connectivity index (χ0n) is 6.73. The van der Waals surface area contributed by atoms with E-state index in [0.29, 0.717) is 6.04 Å². The van der Waals surface area contributed by atoms with Gasteiger partial charge in [0.1, 0.15) is 0 Å². The molecule has 0 bridgehead atoms. The second kappa shape index (κ2) is 5.75. The second-order valence-electron chi connectivity index (χ2n) is 2.39. The molecule has 0 heterocycles. The number of hydrogen-bond acceptors (Lipinski definition) is 1. The fraction of sp³-hybridized carbons (Fsp3) is 0.750. The van der Waals surface area contributed by atoms with Crippen molar-refractivity contribution in [1.29, 1.82) is 0 Å². The maximum atomic E-state index is 5.88. The van der Waals surface area contributed by atoms with Crippen molar-refractivity contribution in [3.8, 4) is 0 Å². The summed E-state index contributed by atoms with van der Waals surface area (Å²) in [5.74, 6) is 0. The fourth-order valence-electron chi connectivity index (χ4n) is 0.866. The van der Waals surface area contributed by atoms with E-state index < -0.39 is 0 Å². The third kappa shape index (κ3) is 3.91. The Kier molecular flexibility index (Phi) is 5.74. The molecule has 0 spiro atoms. The van der Waals surface area contributed by atoms with Gasteiger partial charge in [0, 0.05) is 18.0 Å². The standard InChI is InChI=1S/C8H16ClN/c1-4-6-10-8(5-2)7(3)9/h4,7-8,10H,1,5-6H2,2-3H3. The van der Waals surface area contributed by atoms with E-state index in [2.05, 4.69) is 18.8 Å². The number of halogens is 1. The minimum Gasteiger partial charge on any atom is -0.309 e. The van der Waals surface area contributed by atoms with Crippen LogP contribution >= 0.6 is 11.6 Å². The molecule has 0 aromatic carbocycles. The molecule has 0 saturated heterocycles. The summed E-state index contributed by atoms with van der Waals surface area (Å²) in [4.78, 5) is 0. The van der Waals surface area contributed by atoms with Gasteiger partial charge >= 0.3 is 0 Å². The van der Waals surface area contributed by atoms with Gasteiger partial charge in [-0.2, -0.15) is 0 Å². The predicted molar refractivity (Wildman–Crippen MR) is 47.6 cm³/mol. The molecule has 1 nitrogen and oxygen atoms in total. The first kappa shape index (κ1) is 9.99. The molecule has 0 aromatic heterocycles. The lowest BCUT2D eigenvalue weighted by atomic mass is 10.2. The van der Waals surface area contributed by atoms with E-state index in [0.717, 1.165) is 13.0 Å². The van der Waals surface area contributed by atoms with Gasteiger partial charge < -0.3 is 5.32 Å². The summed E-state index contributed by atoms with van der Waals surface area (Å²) in [5, 5.41) is 3.47. The lowest BCUT2D eigenvalue weighted by molar-refractivity contribution is 0.516. The maximum Gasteiger partial charge on any atom is 0.0461 e. The average Bonchev–Trinajstić information content (AvgIpc) is 1.89. The van der Waals surface area contributed by atoms with Gasteiger partial charge in [0.25, 0.3) is 0 Å². The second-order valence-corrected chi connectivity index (χ2v) is 3.08. The van der Waals surface area contributed by atoms with E-state index in [9.17, 15) is 0 Å². The monoisotopic (exact) mass is 161 g/mol. The van der Waals surface area contributed by atoms with E-state index in [1.807, 2.05) is 13.0 Å². The fourth-order valence-corrected chi connectivity index (χ4v) is 1.13. The molecular formula is C8H16ClN. The number of nitrogens with one attached hydrogen (secondary N) is 1. The highest BCUT2D eigenvalue weighted by molar-refractivity contribution is 6.20. The lowest BCUT2D eigenvalue weighted by Gasteiger charge is -2.17. The number of alkyl halides is 1. The maximum absolute atomic E-state index is 5.88. The molecule has 60 valence electrons. The summed E-state index contributed by atoms with van der Waals surface area (Å²) < 4.78 is 0. The molecule has 0 radical (unpaired) electrons. The van der Waals surface area contributed by atoms with Crippen molar-refractivity contribution in [2.24, 2.45) is 0 Å². The third-order valence-corrected chi connectivity index (χ3v) is 1.82. The van der Waals surface area contributed by atoms with Crippen LogP contribution in [0.1, 0.15) is 20.3 Å². The quantitative estimate of drug-likeness (QED) is 0.482. The van der Waals surface area contributed by atoms with Crippen molar-refractivity contribution >= 4 is 11.6 Å². The first-order chi connectivity index (χ1) is 4.72. The molecule has 2 heteroatoms. The zero-order chi connectivity index (χ0) is 7.98. The normalized spacial score (nSPS) is 16.3. The molecule has 2 atom stereocenters. The van der Waals surface area contributed by atoms with Gasteiger partial charge in [0.15, 0.2) is 0 Å². The Morgan fingerprint density at radius 3 is 2.60 bits per heavy atom. The Bertz CT molecular complexity index is 91.3. The Morgan fingerprint density at radius 1 is 1.70 bits per heavy atom. The predicted octanol–water partition coefficient (Wildman–Crippen LogP) is 2.17. The molecule has 0 amide bonds. The average molecular weight is 162 g/mol.